The predicted molar refractivity (Wildman–Crippen MR) is 180 cm³/mol. The van der Waals surface area contributed by atoms with Gasteiger partial charge in [0, 0.05) is 27.1 Å². The minimum absolute atomic E-state index is 0.0852. The number of carbonyl (C=O) groups is 3. The van der Waals surface area contributed by atoms with Gasteiger partial charge in [-0.2, -0.15) is 0 Å². The minimum atomic E-state index is -0.492. The van der Waals surface area contributed by atoms with E-state index in [0.29, 0.717) is 22.1 Å². The van der Waals surface area contributed by atoms with E-state index in [9.17, 15) is 18.8 Å². The van der Waals surface area contributed by atoms with Gasteiger partial charge in [0.15, 0.2) is 5.13 Å². The van der Waals surface area contributed by atoms with Crippen molar-refractivity contribution in [2.45, 2.75) is 24.0 Å². The van der Waals surface area contributed by atoms with Crippen LogP contribution < -0.4 is 16.0 Å². The van der Waals surface area contributed by atoms with Crippen molar-refractivity contribution in [3.05, 3.63) is 137 Å². The lowest BCUT2D eigenvalue weighted by molar-refractivity contribution is -0.115. The fourth-order valence-electron chi connectivity index (χ4n) is 4.17. The fraction of sp³-hybridized carbons (Fsp3) is 0.0857. The Kier molecular flexibility index (Phi) is 10.2. The Labute approximate surface area is 268 Å². The summed E-state index contributed by atoms with van der Waals surface area (Å²) in [6, 6.07) is 29.4. The van der Waals surface area contributed by atoms with Crippen LogP contribution in [0.2, 0.25) is 0 Å². The van der Waals surface area contributed by atoms with Gasteiger partial charge in [-0.15, -0.1) is 23.1 Å². The predicted octanol–water partition coefficient (Wildman–Crippen LogP) is 7.79. The zero-order valence-corrected chi connectivity index (χ0v) is 26.0. The van der Waals surface area contributed by atoms with Crippen LogP contribution in [0.3, 0.4) is 0 Å². The molecule has 0 saturated carbocycles. The number of rotatable bonds is 10. The van der Waals surface area contributed by atoms with Crippen LogP contribution in [-0.4, -0.2) is 28.0 Å². The monoisotopic (exact) mass is 636 g/mol. The average Bonchev–Trinajstić information content (AvgIpc) is 3.51. The van der Waals surface area contributed by atoms with E-state index < -0.39 is 17.1 Å². The van der Waals surface area contributed by atoms with Crippen molar-refractivity contribution < 1.29 is 18.8 Å². The zero-order chi connectivity index (χ0) is 31.8. The van der Waals surface area contributed by atoms with Gasteiger partial charge in [0.1, 0.15) is 11.5 Å². The maximum absolute atomic E-state index is 13.4. The van der Waals surface area contributed by atoms with Gasteiger partial charge in [0.25, 0.3) is 11.8 Å². The molecule has 0 radical (unpaired) electrons. The van der Waals surface area contributed by atoms with Gasteiger partial charge < -0.3 is 16.0 Å². The standard InChI is InChI=1S/C35H29FN4O3S2/c1-22-11-13-24(14-12-22)19-30(38-33(42)26-7-4-3-5-8-26)34(43)37-28-9-6-10-29(20-28)45-23(2)32(41)40-35-39-31(21-44-35)25-15-17-27(36)18-16-25/h3-21,23H,1-2H3,(H,37,43)(H,38,42)(H,39,40,41)/b30-19-. The highest BCUT2D eigenvalue weighted by molar-refractivity contribution is 8.00. The number of thioether (sulfide) groups is 1. The van der Waals surface area contributed by atoms with E-state index in [0.717, 1.165) is 21.6 Å². The summed E-state index contributed by atoms with van der Waals surface area (Å²) >= 11 is 2.61. The topological polar surface area (TPSA) is 100 Å². The number of thiazole rings is 1. The molecule has 5 rings (SSSR count). The summed E-state index contributed by atoms with van der Waals surface area (Å²) in [7, 11) is 0. The first-order valence-electron chi connectivity index (χ1n) is 14.0. The summed E-state index contributed by atoms with van der Waals surface area (Å²) in [5, 5.41) is 10.2. The Morgan fingerprint density at radius 2 is 1.62 bits per heavy atom. The van der Waals surface area contributed by atoms with Gasteiger partial charge in [-0.05, 0) is 80.1 Å². The molecule has 0 saturated heterocycles. The van der Waals surface area contributed by atoms with E-state index in [-0.39, 0.29) is 17.4 Å². The maximum Gasteiger partial charge on any atom is 0.272 e. The Hall–Kier alpha value is -5.06. The molecule has 0 spiro atoms. The lowest BCUT2D eigenvalue weighted by Crippen LogP contribution is -2.30. The van der Waals surface area contributed by atoms with Crippen molar-refractivity contribution in [2.24, 2.45) is 0 Å². The number of nitrogens with zero attached hydrogens (tertiary/aromatic N) is 1. The molecule has 0 aliphatic rings. The van der Waals surface area contributed by atoms with Crippen molar-refractivity contribution in [1.82, 2.24) is 10.3 Å². The minimum Gasteiger partial charge on any atom is -0.321 e. The molecule has 1 heterocycles. The van der Waals surface area contributed by atoms with Crippen LogP contribution in [0.5, 0.6) is 0 Å². The van der Waals surface area contributed by atoms with Crippen molar-refractivity contribution in [3.8, 4) is 11.3 Å². The van der Waals surface area contributed by atoms with E-state index >= 15 is 0 Å². The SMILES string of the molecule is Cc1ccc(/C=C(\NC(=O)c2ccccc2)C(=O)Nc2cccc(SC(C)C(=O)Nc3nc(-c4ccc(F)cc4)cs3)c2)cc1. The summed E-state index contributed by atoms with van der Waals surface area (Å²) in [5.41, 5.74) is 4.25. The van der Waals surface area contributed by atoms with Crippen molar-refractivity contribution >= 4 is 57.7 Å². The summed E-state index contributed by atoms with van der Waals surface area (Å²) in [4.78, 5) is 44.5. The largest absolute Gasteiger partial charge is 0.321 e. The molecule has 0 aliphatic carbocycles. The molecule has 5 aromatic rings. The van der Waals surface area contributed by atoms with Gasteiger partial charge >= 0.3 is 0 Å². The van der Waals surface area contributed by atoms with Crippen LogP contribution in [0.4, 0.5) is 15.2 Å². The summed E-state index contributed by atoms with van der Waals surface area (Å²) in [6.45, 7) is 3.75. The Balaban J connectivity index is 1.25. The fourth-order valence-corrected chi connectivity index (χ4v) is 5.82. The van der Waals surface area contributed by atoms with E-state index in [1.807, 2.05) is 43.3 Å². The van der Waals surface area contributed by atoms with E-state index in [1.54, 1.807) is 73.0 Å². The number of amides is 3. The van der Waals surface area contributed by atoms with Crippen molar-refractivity contribution in [2.75, 3.05) is 10.6 Å². The third-order valence-electron chi connectivity index (χ3n) is 6.57. The molecular weight excluding hydrogens is 608 g/mol. The maximum atomic E-state index is 13.4. The number of hydrogen-bond donors (Lipinski definition) is 3. The molecule has 3 amide bonds. The Morgan fingerprint density at radius 3 is 2.36 bits per heavy atom. The molecule has 1 atom stereocenters. The second-order valence-electron chi connectivity index (χ2n) is 10.1. The molecule has 1 aromatic heterocycles. The van der Waals surface area contributed by atoms with E-state index in [4.69, 9.17) is 0 Å². The van der Waals surface area contributed by atoms with E-state index in [2.05, 4.69) is 20.9 Å². The van der Waals surface area contributed by atoms with Gasteiger partial charge in [-0.3, -0.25) is 14.4 Å². The summed E-state index contributed by atoms with van der Waals surface area (Å²) in [6.07, 6.45) is 1.63. The van der Waals surface area contributed by atoms with Crippen LogP contribution >= 0.6 is 23.1 Å². The number of nitrogens with one attached hydrogen (secondary N) is 3. The van der Waals surface area contributed by atoms with Crippen molar-refractivity contribution in [1.29, 1.82) is 0 Å². The molecule has 7 nitrogen and oxygen atoms in total. The molecule has 10 heteroatoms. The molecular formula is C35H29FN4O3S2. The Morgan fingerprint density at radius 1 is 0.889 bits per heavy atom. The number of carbonyl (C=O) groups excluding carboxylic acids is 3. The van der Waals surface area contributed by atoms with Crippen LogP contribution in [0.15, 0.2) is 119 Å². The molecule has 0 bridgehead atoms. The van der Waals surface area contributed by atoms with Crippen LogP contribution in [0, 0.1) is 12.7 Å². The highest BCUT2D eigenvalue weighted by atomic mass is 32.2. The summed E-state index contributed by atoms with van der Waals surface area (Å²) < 4.78 is 13.3. The zero-order valence-electron chi connectivity index (χ0n) is 24.4. The number of halogens is 1. The first kappa shape index (κ1) is 31.4. The molecule has 0 fully saturated rings. The second kappa shape index (κ2) is 14.6. The number of aromatic nitrogens is 1. The second-order valence-corrected chi connectivity index (χ2v) is 12.3. The molecule has 0 aliphatic heterocycles. The first-order valence-corrected chi connectivity index (χ1v) is 15.7. The van der Waals surface area contributed by atoms with E-state index in [1.165, 1.54) is 35.2 Å². The van der Waals surface area contributed by atoms with Crippen LogP contribution in [-0.2, 0) is 9.59 Å². The summed E-state index contributed by atoms with van der Waals surface area (Å²) in [5.74, 6) is -1.46. The highest BCUT2D eigenvalue weighted by Crippen LogP contribution is 2.29. The number of anilines is 2. The smallest absolute Gasteiger partial charge is 0.272 e. The molecule has 45 heavy (non-hydrogen) atoms. The quantitative estimate of drug-likeness (QED) is 0.107. The van der Waals surface area contributed by atoms with Crippen LogP contribution in [0.1, 0.15) is 28.4 Å². The Bertz CT molecular complexity index is 1840. The van der Waals surface area contributed by atoms with Gasteiger partial charge in [-0.25, -0.2) is 9.37 Å². The molecule has 3 N–H and O–H groups in total. The number of benzene rings is 4. The third-order valence-corrected chi connectivity index (χ3v) is 8.42. The van der Waals surface area contributed by atoms with Crippen LogP contribution in [0.25, 0.3) is 17.3 Å². The average molecular weight is 637 g/mol. The molecule has 226 valence electrons. The van der Waals surface area contributed by atoms with Gasteiger partial charge in [0.05, 0.1) is 10.9 Å². The van der Waals surface area contributed by atoms with Crippen molar-refractivity contribution in [3.63, 3.8) is 0 Å². The lowest BCUT2D eigenvalue weighted by Gasteiger charge is -2.14. The lowest BCUT2D eigenvalue weighted by atomic mass is 10.1. The number of hydrogen-bond acceptors (Lipinski definition) is 6. The third kappa shape index (κ3) is 8.75. The molecule has 1 unspecified atom stereocenters. The first-order chi connectivity index (χ1) is 21.7. The number of aryl methyl sites for hydroxylation is 1. The molecule has 4 aromatic carbocycles. The van der Waals surface area contributed by atoms with Gasteiger partial charge in [0.2, 0.25) is 5.91 Å². The van der Waals surface area contributed by atoms with Gasteiger partial charge in [-0.1, -0.05) is 54.1 Å². The highest BCUT2D eigenvalue weighted by Gasteiger charge is 2.18. The normalized spacial score (nSPS) is 11.8.